The van der Waals surface area contributed by atoms with Crippen molar-refractivity contribution in [3.8, 4) is 22.8 Å². The van der Waals surface area contributed by atoms with Crippen molar-refractivity contribution in [1.82, 2.24) is 14.4 Å². The number of amides is 2. The molecular weight excluding hydrogens is 744 g/mol. The normalized spacial score (nSPS) is 15.4. The zero-order valence-corrected chi connectivity index (χ0v) is 33.8. The van der Waals surface area contributed by atoms with Crippen molar-refractivity contribution in [3.05, 3.63) is 172 Å². The predicted molar refractivity (Wildman–Crippen MR) is 227 cm³/mol. The molecule has 0 bridgehead atoms. The van der Waals surface area contributed by atoms with Gasteiger partial charge in [0.05, 0.1) is 32.4 Å². The smallest absolute Gasteiger partial charge is 0.260 e. The van der Waals surface area contributed by atoms with Gasteiger partial charge in [-0.05, 0) is 84.6 Å². The molecule has 1 aromatic heterocycles. The Morgan fingerprint density at radius 1 is 0.831 bits per heavy atom. The number of ether oxygens (including phenoxy) is 3. The van der Waals surface area contributed by atoms with Gasteiger partial charge < -0.3 is 28.6 Å². The van der Waals surface area contributed by atoms with Gasteiger partial charge in [-0.25, -0.2) is 4.39 Å². The lowest BCUT2D eigenvalue weighted by atomic mass is 9.92. The van der Waals surface area contributed by atoms with E-state index in [1.165, 1.54) is 17.7 Å². The lowest BCUT2D eigenvalue weighted by molar-refractivity contribution is 0.0193. The number of aromatic nitrogens is 1. The fourth-order valence-electron chi connectivity index (χ4n) is 8.21. The third-order valence-corrected chi connectivity index (χ3v) is 11.6. The lowest BCUT2D eigenvalue weighted by Gasteiger charge is -2.40. The van der Waals surface area contributed by atoms with Gasteiger partial charge in [0.1, 0.15) is 23.9 Å². The quantitative estimate of drug-likeness (QED) is 0.124. The van der Waals surface area contributed by atoms with Crippen LogP contribution in [0.5, 0.6) is 11.5 Å². The van der Waals surface area contributed by atoms with Crippen LogP contribution in [0.3, 0.4) is 0 Å². The maximum absolute atomic E-state index is 15.3. The topological polar surface area (TPSA) is 76.5 Å². The lowest BCUT2D eigenvalue weighted by Crippen LogP contribution is -2.52. The van der Waals surface area contributed by atoms with Crippen molar-refractivity contribution in [1.29, 1.82) is 0 Å². The summed E-state index contributed by atoms with van der Waals surface area (Å²) in [5.41, 5.74) is 7.38. The highest BCUT2D eigenvalue weighted by Gasteiger charge is 2.34. The molecule has 0 saturated carbocycles. The maximum Gasteiger partial charge on any atom is 0.260 e. The molecule has 2 aliphatic heterocycles. The van der Waals surface area contributed by atoms with Crippen LogP contribution in [0.1, 0.15) is 48.7 Å². The summed E-state index contributed by atoms with van der Waals surface area (Å²) < 4.78 is 34.6. The summed E-state index contributed by atoms with van der Waals surface area (Å²) in [6.07, 6.45) is 0.722. The van der Waals surface area contributed by atoms with Gasteiger partial charge in [0.2, 0.25) is 0 Å². The molecule has 10 heteroatoms. The van der Waals surface area contributed by atoms with Crippen LogP contribution in [0.15, 0.2) is 127 Å². The second-order valence-electron chi connectivity index (χ2n) is 15.2. The zero-order chi connectivity index (χ0) is 40.9. The van der Waals surface area contributed by atoms with Gasteiger partial charge in [-0.15, -0.1) is 0 Å². The van der Waals surface area contributed by atoms with Crippen LogP contribution >= 0.6 is 0 Å². The van der Waals surface area contributed by atoms with E-state index in [1.807, 2.05) is 114 Å². The second kappa shape index (κ2) is 17.7. The number of rotatable bonds is 12. The SMILES string of the molecule is COc1ccccc1CN(C(=O)c1cc(-c2cc(F)ccc2C(=O)N2Cc3ccccc3C[C@H]2CN2CCOCC2)n(C)c1C)c1ccc(OCc2ccccc2)cc1. The molecule has 2 aliphatic rings. The molecule has 1 atom stereocenters. The zero-order valence-electron chi connectivity index (χ0n) is 33.8. The van der Waals surface area contributed by atoms with E-state index in [-0.39, 0.29) is 24.4 Å². The van der Waals surface area contributed by atoms with Crippen molar-refractivity contribution < 1.29 is 28.2 Å². The molecule has 1 fully saturated rings. The molecular formula is C49H49FN4O5. The van der Waals surface area contributed by atoms with E-state index in [0.29, 0.717) is 78.2 Å². The fourth-order valence-corrected chi connectivity index (χ4v) is 8.21. The molecule has 1 saturated heterocycles. The van der Waals surface area contributed by atoms with Crippen molar-refractivity contribution in [2.24, 2.45) is 7.05 Å². The highest BCUT2D eigenvalue weighted by Crippen LogP contribution is 2.34. The Morgan fingerprint density at radius 3 is 2.31 bits per heavy atom. The summed E-state index contributed by atoms with van der Waals surface area (Å²) in [6.45, 7) is 6.62. The molecule has 0 N–H and O–H groups in total. The molecule has 0 spiro atoms. The van der Waals surface area contributed by atoms with E-state index >= 15 is 4.39 Å². The van der Waals surface area contributed by atoms with Gasteiger partial charge in [0.15, 0.2) is 0 Å². The second-order valence-corrected chi connectivity index (χ2v) is 15.2. The number of methoxy groups -OCH3 is 1. The Balaban J connectivity index is 1.13. The van der Waals surface area contributed by atoms with Crippen LogP contribution in [-0.4, -0.2) is 72.2 Å². The number of carbonyl (C=O) groups excluding carboxylic acids is 2. The highest BCUT2D eigenvalue weighted by atomic mass is 19.1. The Bertz CT molecular complexity index is 2430. The first-order valence-electron chi connectivity index (χ1n) is 20.1. The summed E-state index contributed by atoms with van der Waals surface area (Å²) in [5.74, 6) is 0.439. The van der Waals surface area contributed by atoms with Crippen LogP contribution < -0.4 is 14.4 Å². The first-order chi connectivity index (χ1) is 28.8. The standard InChI is InChI=1S/C49H49FN4O5/c1-34-44(49(56)53(31-38-15-9-10-16-47(38)57-3)40-18-20-42(21-19-40)59-33-35-11-5-4-6-12-35)29-46(51(34)2)45-28-39(50)17-22-43(45)48(55)54-30-37-14-8-7-13-36(37)27-41(54)32-52-23-25-58-26-24-52/h4-22,28-29,41H,23-27,30-33H2,1-3H3/t41-/m0/s1. The van der Waals surface area contributed by atoms with Crippen molar-refractivity contribution in [3.63, 3.8) is 0 Å². The Hall–Kier alpha value is -6.23. The Kier molecular flexibility index (Phi) is 11.9. The first kappa shape index (κ1) is 39.6. The molecule has 9 nitrogen and oxygen atoms in total. The van der Waals surface area contributed by atoms with Crippen molar-refractivity contribution >= 4 is 17.5 Å². The molecule has 6 aromatic rings. The van der Waals surface area contributed by atoms with Crippen LogP contribution in [0.2, 0.25) is 0 Å². The van der Waals surface area contributed by atoms with E-state index < -0.39 is 5.82 Å². The monoisotopic (exact) mass is 792 g/mol. The molecule has 2 amide bonds. The van der Waals surface area contributed by atoms with Gasteiger partial charge in [-0.3, -0.25) is 14.5 Å². The number of nitrogens with zero attached hydrogens (tertiary/aromatic N) is 4. The Morgan fingerprint density at radius 2 is 1.54 bits per heavy atom. The van der Waals surface area contributed by atoms with E-state index in [0.717, 1.165) is 36.2 Å². The average molecular weight is 793 g/mol. The number of hydrogen-bond acceptors (Lipinski definition) is 6. The van der Waals surface area contributed by atoms with Crippen LogP contribution in [-0.2, 0) is 37.9 Å². The summed E-state index contributed by atoms with van der Waals surface area (Å²) in [6, 6.07) is 39.3. The van der Waals surface area contributed by atoms with Gasteiger partial charge in [0, 0.05) is 73.0 Å². The number of fused-ring (bicyclic) bond motifs is 1. The van der Waals surface area contributed by atoms with Gasteiger partial charge in [-0.2, -0.15) is 0 Å². The molecule has 3 heterocycles. The molecule has 59 heavy (non-hydrogen) atoms. The van der Waals surface area contributed by atoms with Crippen molar-refractivity contribution in [2.45, 2.75) is 39.1 Å². The summed E-state index contributed by atoms with van der Waals surface area (Å²) in [4.78, 5) is 35.8. The number of carbonyl (C=O) groups is 2. The summed E-state index contributed by atoms with van der Waals surface area (Å²) in [7, 11) is 3.46. The summed E-state index contributed by atoms with van der Waals surface area (Å²) >= 11 is 0. The molecule has 0 aliphatic carbocycles. The van der Waals surface area contributed by atoms with Crippen LogP contribution in [0, 0.1) is 12.7 Å². The van der Waals surface area contributed by atoms with Crippen LogP contribution in [0.25, 0.3) is 11.3 Å². The van der Waals surface area contributed by atoms with E-state index in [4.69, 9.17) is 14.2 Å². The van der Waals surface area contributed by atoms with E-state index in [1.54, 1.807) is 24.1 Å². The summed E-state index contributed by atoms with van der Waals surface area (Å²) in [5, 5.41) is 0. The minimum absolute atomic E-state index is 0.0839. The average Bonchev–Trinajstić information content (AvgIpc) is 3.57. The van der Waals surface area contributed by atoms with E-state index in [2.05, 4.69) is 17.0 Å². The minimum atomic E-state index is -0.468. The molecule has 0 radical (unpaired) electrons. The minimum Gasteiger partial charge on any atom is -0.496 e. The molecule has 8 rings (SSSR count). The number of hydrogen-bond donors (Lipinski definition) is 0. The number of benzene rings is 5. The van der Waals surface area contributed by atoms with Gasteiger partial charge >= 0.3 is 0 Å². The molecule has 0 unspecified atom stereocenters. The third-order valence-electron chi connectivity index (χ3n) is 11.6. The fraction of sp³-hybridized carbons (Fsp3) is 0.265. The largest absolute Gasteiger partial charge is 0.496 e. The maximum atomic E-state index is 15.3. The van der Waals surface area contributed by atoms with Gasteiger partial charge in [0.25, 0.3) is 11.8 Å². The number of anilines is 1. The van der Waals surface area contributed by atoms with Crippen LogP contribution in [0.4, 0.5) is 10.1 Å². The molecule has 302 valence electrons. The number of para-hydroxylation sites is 1. The number of halogens is 1. The highest BCUT2D eigenvalue weighted by molar-refractivity contribution is 6.08. The van der Waals surface area contributed by atoms with E-state index in [9.17, 15) is 9.59 Å². The van der Waals surface area contributed by atoms with Crippen molar-refractivity contribution in [2.75, 3.05) is 44.9 Å². The predicted octanol–water partition coefficient (Wildman–Crippen LogP) is 8.47. The Labute approximate surface area is 345 Å². The number of morpholine rings is 1. The van der Waals surface area contributed by atoms with Gasteiger partial charge in [-0.1, -0.05) is 72.8 Å². The molecule has 5 aromatic carbocycles. The third kappa shape index (κ3) is 8.65. The first-order valence-corrected chi connectivity index (χ1v) is 20.1.